The summed E-state index contributed by atoms with van der Waals surface area (Å²) in [6, 6.07) is 22.8. The van der Waals surface area contributed by atoms with Crippen molar-refractivity contribution in [2.75, 3.05) is 48.8 Å². The molecule has 1 amide bonds. The van der Waals surface area contributed by atoms with Crippen molar-refractivity contribution < 1.29 is 4.79 Å². The van der Waals surface area contributed by atoms with Crippen molar-refractivity contribution in [3.05, 3.63) is 72.9 Å². The van der Waals surface area contributed by atoms with Crippen LogP contribution in [-0.4, -0.2) is 54.0 Å². The Bertz CT molecular complexity index is 1310. The number of carbonyl (C=O) groups excluding carboxylic acids is 1. The number of piperazine rings is 1. The van der Waals surface area contributed by atoms with Gasteiger partial charge in [-0.05, 0) is 35.9 Å². The van der Waals surface area contributed by atoms with Crippen molar-refractivity contribution in [1.82, 2.24) is 14.9 Å². The molecule has 5 rings (SSSR count). The molecular weight excluding hydrogens is 424 g/mol. The largest absolute Gasteiger partial charge is 0.388 e. The lowest BCUT2D eigenvalue weighted by Crippen LogP contribution is -2.48. The average Bonchev–Trinajstić information content (AvgIpc) is 2.88. The number of hydrogen-bond donors (Lipinski definition) is 2. The Labute approximate surface area is 199 Å². The molecule has 3 aromatic carbocycles. The molecule has 1 aromatic heterocycles. The monoisotopic (exact) mass is 452 g/mol. The minimum Gasteiger partial charge on any atom is -0.388 e. The van der Waals surface area contributed by atoms with Gasteiger partial charge in [-0.2, -0.15) is 0 Å². The molecule has 0 unspecified atom stereocenters. The first-order chi connectivity index (χ1) is 16.6. The molecule has 0 aliphatic carbocycles. The molecule has 1 saturated heterocycles. The molecule has 34 heavy (non-hydrogen) atoms. The van der Waals surface area contributed by atoms with E-state index in [9.17, 15) is 4.79 Å². The summed E-state index contributed by atoms with van der Waals surface area (Å²) in [5.41, 5.74) is 6.22. The highest BCUT2D eigenvalue weighted by molar-refractivity contribution is 5.94. The van der Waals surface area contributed by atoms with Gasteiger partial charge in [0.05, 0.1) is 5.52 Å². The smallest absolute Gasteiger partial charge is 0.227 e. The quantitative estimate of drug-likeness (QED) is 0.455. The van der Waals surface area contributed by atoms with Gasteiger partial charge in [0, 0.05) is 74.4 Å². The Morgan fingerprint density at radius 3 is 2.41 bits per heavy atom. The lowest BCUT2D eigenvalue weighted by molar-refractivity contribution is -0.129. The SMILES string of the molecule is CNc1ccc(-c2cccc3cnc(Nc4cccc(N5CCN(C(C)=O)CC5)c4)nc23)cc1. The van der Waals surface area contributed by atoms with E-state index < -0.39 is 0 Å². The first kappa shape index (κ1) is 21.7. The predicted octanol–water partition coefficient (Wildman–Crippen LogP) is 4.75. The van der Waals surface area contributed by atoms with Crippen molar-refractivity contribution in [3.8, 4) is 11.1 Å². The fourth-order valence-electron chi connectivity index (χ4n) is 4.35. The van der Waals surface area contributed by atoms with Gasteiger partial charge >= 0.3 is 0 Å². The molecule has 1 aliphatic heterocycles. The van der Waals surface area contributed by atoms with Crippen LogP contribution in [0.25, 0.3) is 22.0 Å². The Hall–Kier alpha value is -4.13. The molecule has 4 aromatic rings. The van der Waals surface area contributed by atoms with Crippen molar-refractivity contribution >= 4 is 39.8 Å². The number of carbonyl (C=O) groups is 1. The van der Waals surface area contributed by atoms with Gasteiger partial charge in [-0.15, -0.1) is 0 Å². The van der Waals surface area contributed by atoms with E-state index in [-0.39, 0.29) is 5.91 Å². The standard InChI is InChI=1S/C27H28N6O/c1-19(34)32-13-15-33(16-14-32)24-7-4-6-23(17-24)30-27-29-18-21-5-3-8-25(26(21)31-27)20-9-11-22(28-2)12-10-20/h3-12,17-18,28H,13-16H2,1-2H3,(H,29,30,31). The number of hydrogen-bond acceptors (Lipinski definition) is 6. The first-order valence-corrected chi connectivity index (χ1v) is 11.5. The van der Waals surface area contributed by atoms with Crippen molar-refractivity contribution in [1.29, 1.82) is 0 Å². The highest BCUT2D eigenvalue weighted by Gasteiger charge is 2.19. The molecule has 0 radical (unpaired) electrons. The van der Waals surface area contributed by atoms with Crippen LogP contribution in [-0.2, 0) is 4.79 Å². The van der Waals surface area contributed by atoms with E-state index in [1.54, 1.807) is 6.92 Å². The summed E-state index contributed by atoms with van der Waals surface area (Å²) < 4.78 is 0. The van der Waals surface area contributed by atoms with E-state index in [0.29, 0.717) is 5.95 Å². The zero-order chi connectivity index (χ0) is 23.5. The molecule has 0 spiro atoms. The van der Waals surface area contributed by atoms with Crippen LogP contribution < -0.4 is 15.5 Å². The van der Waals surface area contributed by atoms with Gasteiger partial charge in [-0.1, -0.05) is 36.4 Å². The molecule has 172 valence electrons. The number of amides is 1. The van der Waals surface area contributed by atoms with E-state index in [1.165, 1.54) is 0 Å². The third-order valence-electron chi connectivity index (χ3n) is 6.29. The molecule has 1 fully saturated rings. The highest BCUT2D eigenvalue weighted by atomic mass is 16.2. The lowest BCUT2D eigenvalue weighted by Gasteiger charge is -2.35. The van der Waals surface area contributed by atoms with Crippen LogP contribution in [0.4, 0.5) is 23.0 Å². The summed E-state index contributed by atoms with van der Waals surface area (Å²) in [7, 11) is 1.92. The number of nitrogens with zero attached hydrogens (tertiary/aromatic N) is 4. The van der Waals surface area contributed by atoms with Crippen LogP contribution in [0.2, 0.25) is 0 Å². The van der Waals surface area contributed by atoms with Gasteiger partial charge in [0.2, 0.25) is 11.9 Å². The third-order valence-corrected chi connectivity index (χ3v) is 6.29. The molecule has 1 aliphatic rings. The van der Waals surface area contributed by atoms with Crippen LogP contribution in [0.5, 0.6) is 0 Å². The van der Waals surface area contributed by atoms with Gasteiger partial charge < -0.3 is 20.4 Å². The zero-order valence-corrected chi connectivity index (χ0v) is 19.5. The highest BCUT2D eigenvalue weighted by Crippen LogP contribution is 2.29. The van der Waals surface area contributed by atoms with Crippen LogP contribution in [0.3, 0.4) is 0 Å². The number of nitrogens with one attached hydrogen (secondary N) is 2. The molecule has 7 heteroatoms. The van der Waals surface area contributed by atoms with Crippen molar-refractivity contribution in [2.24, 2.45) is 0 Å². The van der Waals surface area contributed by atoms with Crippen LogP contribution in [0.1, 0.15) is 6.92 Å². The number of benzene rings is 3. The van der Waals surface area contributed by atoms with Crippen molar-refractivity contribution in [2.45, 2.75) is 6.92 Å². The number of rotatable bonds is 5. The van der Waals surface area contributed by atoms with E-state index in [1.807, 2.05) is 42.4 Å². The second kappa shape index (κ2) is 9.39. The third kappa shape index (κ3) is 4.50. The van der Waals surface area contributed by atoms with Gasteiger partial charge in [0.1, 0.15) is 0 Å². The second-order valence-electron chi connectivity index (χ2n) is 8.43. The summed E-state index contributed by atoms with van der Waals surface area (Å²) >= 11 is 0. The summed E-state index contributed by atoms with van der Waals surface area (Å²) in [6.45, 7) is 4.78. The van der Waals surface area contributed by atoms with E-state index in [2.05, 4.69) is 63.0 Å². The lowest BCUT2D eigenvalue weighted by atomic mass is 10.0. The van der Waals surface area contributed by atoms with E-state index in [4.69, 9.17) is 4.98 Å². The van der Waals surface area contributed by atoms with Gasteiger partial charge in [0.15, 0.2) is 0 Å². The minimum absolute atomic E-state index is 0.140. The van der Waals surface area contributed by atoms with Crippen LogP contribution in [0, 0.1) is 0 Å². The van der Waals surface area contributed by atoms with Crippen molar-refractivity contribution in [3.63, 3.8) is 0 Å². The van der Waals surface area contributed by atoms with E-state index in [0.717, 1.165) is 65.3 Å². The topological polar surface area (TPSA) is 73.4 Å². The van der Waals surface area contributed by atoms with Gasteiger partial charge in [-0.3, -0.25) is 4.79 Å². The van der Waals surface area contributed by atoms with Gasteiger partial charge in [-0.25, -0.2) is 9.97 Å². The molecular formula is C27H28N6O. The first-order valence-electron chi connectivity index (χ1n) is 11.5. The normalized spacial score (nSPS) is 13.7. The van der Waals surface area contributed by atoms with Crippen LogP contribution >= 0.6 is 0 Å². The molecule has 7 nitrogen and oxygen atoms in total. The average molecular weight is 453 g/mol. The fourth-order valence-corrected chi connectivity index (χ4v) is 4.35. The minimum atomic E-state index is 0.140. The summed E-state index contributed by atoms with van der Waals surface area (Å²) in [5, 5.41) is 7.53. The maximum absolute atomic E-state index is 11.6. The van der Waals surface area contributed by atoms with Crippen LogP contribution in [0.15, 0.2) is 72.9 Å². The summed E-state index contributed by atoms with van der Waals surface area (Å²) in [4.78, 5) is 25.2. The molecule has 0 atom stereocenters. The molecule has 2 N–H and O–H groups in total. The Morgan fingerprint density at radius 1 is 0.912 bits per heavy atom. The summed E-state index contributed by atoms with van der Waals surface area (Å²) in [5.74, 6) is 0.700. The number of fused-ring (bicyclic) bond motifs is 1. The maximum atomic E-state index is 11.6. The Morgan fingerprint density at radius 2 is 1.68 bits per heavy atom. The van der Waals surface area contributed by atoms with E-state index >= 15 is 0 Å². The molecule has 2 heterocycles. The zero-order valence-electron chi connectivity index (χ0n) is 19.5. The summed E-state index contributed by atoms with van der Waals surface area (Å²) in [6.07, 6.45) is 1.86. The molecule has 0 bridgehead atoms. The van der Waals surface area contributed by atoms with Gasteiger partial charge in [0.25, 0.3) is 0 Å². The number of para-hydroxylation sites is 1. The second-order valence-corrected chi connectivity index (χ2v) is 8.43. The molecule has 0 saturated carbocycles. The number of aromatic nitrogens is 2. The fraction of sp³-hybridized carbons (Fsp3) is 0.222. The number of anilines is 4. The Balaban J connectivity index is 1.39. The Kier molecular flexibility index (Phi) is 5.99. The maximum Gasteiger partial charge on any atom is 0.227 e. The predicted molar refractivity (Wildman–Crippen MR) is 139 cm³/mol.